The number of rotatable bonds is 6. The smallest absolute Gasteiger partial charge is 0.282 e. The molecule has 2 aromatic carbocycles. The molecule has 0 fully saturated rings. The summed E-state index contributed by atoms with van der Waals surface area (Å²) in [5, 5.41) is 0. The largest absolute Gasteiger partial charge is 0.397 e. The van der Waals surface area contributed by atoms with Gasteiger partial charge in [-0.25, -0.2) is 13.1 Å². The van der Waals surface area contributed by atoms with Crippen LogP contribution in [0.3, 0.4) is 0 Å². The molecule has 2 aromatic rings. The van der Waals surface area contributed by atoms with Gasteiger partial charge >= 0.3 is 6.18 Å². The summed E-state index contributed by atoms with van der Waals surface area (Å²) in [5.74, 6) is -2.33. The maximum atomic E-state index is 14.0. The number of hydrogen-bond acceptors (Lipinski definition) is 4. The van der Waals surface area contributed by atoms with Gasteiger partial charge in [0.1, 0.15) is 0 Å². The van der Waals surface area contributed by atoms with Crippen molar-refractivity contribution in [2.24, 2.45) is 0 Å². The summed E-state index contributed by atoms with van der Waals surface area (Å²) < 4.78 is 103. The molecule has 0 aliphatic rings. The second-order valence-corrected chi connectivity index (χ2v) is 11.1. The second-order valence-electron chi connectivity index (χ2n) is 8.03. The molecule has 32 heavy (non-hydrogen) atoms. The van der Waals surface area contributed by atoms with Gasteiger partial charge in [-0.05, 0) is 74.9 Å². The van der Waals surface area contributed by atoms with Crippen molar-refractivity contribution in [3.63, 3.8) is 0 Å². The van der Waals surface area contributed by atoms with Crippen LogP contribution in [0.15, 0.2) is 28.0 Å². The van der Waals surface area contributed by atoms with Crippen LogP contribution in [0, 0.1) is 41.5 Å². The Labute approximate surface area is 186 Å². The minimum absolute atomic E-state index is 0.0960. The first kappa shape index (κ1) is 26.3. The van der Waals surface area contributed by atoms with E-state index in [1.165, 1.54) is 26.8 Å². The van der Waals surface area contributed by atoms with E-state index >= 15 is 0 Å². The lowest BCUT2D eigenvalue weighted by molar-refractivity contribution is -0.149. The van der Waals surface area contributed by atoms with Gasteiger partial charge < -0.3 is 0 Å². The van der Waals surface area contributed by atoms with Crippen molar-refractivity contribution >= 4 is 20.1 Å². The molecule has 0 aromatic heterocycles. The molecule has 1 atom stereocenters. The third-order valence-electron chi connectivity index (χ3n) is 5.31. The van der Waals surface area contributed by atoms with Crippen LogP contribution in [-0.4, -0.2) is 34.1 Å². The molecule has 6 nitrogen and oxygen atoms in total. The molecule has 0 radical (unpaired) electrons. The van der Waals surface area contributed by atoms with Gasteiger partial charge in [0, 0.05) is 6.54 Å². The maximum Gasteiger partial charge on any atom is 0.397 e. The molecule has 2 rings (SSSR count). The van der Waals surface area contributed by atoms with Crippen LogP contribution in [0.4, 0.5) is 13.2 Å². The average molecular weight is 494 g/mol. The van der Waals surface area contributed by atoms with Gasteiger partial charge in [-0.15, -0.1) is 0 Å². The van der Waals surface area contributed by atoms with Crippen LogP contribution in [-0.2, 0) is 20.1 Å². The summed E-state index contributed by atoms with van der Waals surface area (Å²) in [6, 6.07) is 4.47. The molecule has 0 amide bonds. The van der Waals surface area contributed by atoms with Crippen molar-refractivity contribution in [3.8, 4) is 0 Å². The minimum atomic E-state index is -4.89. The molecule has 2 N–H and O–H groups in total. The van der Waals surface area contributed by atoms with E-state index in [4.69, 9.17) is 0 Å². The number of alkyl halides is 3. The van der Waals surface area contributed by atoms with Crippen molar-refractivity contribution in [2.45, 2.75) is 63.4 Å². The van der Waals surface area contributed by atoms with Crippen LogP contribution >= 0.6 is 0 Å². The van der Waals surface area contributed by atoms with Gasteiger partial charge in [0.2, 0.25) is 10.0 Å². The highest BCUT2D eigenvalue weighted by atomic mass is 32.2. The average Bonchev–Trinajstić information content (AvgIpc) is 2.53. The lowest BCUT2D eigenvalue weighted by Crippen LogP contribution is -2.36. The van der Waals surface area contributed by atoms with Gasteiger partial charge in [0.15, 0.2) is 0 Å². The third-order valence-corrected chi connectivity index (χ3v) is 8.19. The van der Waals surface area contributed by atoms with Crippen LogP contribution in [0.2, 0.25) is 0 Å². The van der Waals surface area contributed by atoms with Crippen molar-refractivity contribution in [3.05, 3.63) is 57.1 Å². The normalized spacial score (nSPS) is 13.9. The molecular weight excluding hydrogens is 467 g/mol. The summed E-state index contributed by atoms with van der Waals surface area (Å²) in [6.45, 7) is 7.77. The SMILES string of the molecule is Cc1cc(C)c(S(=O)(=O)NCC(c2c(C)cc(C)c(S(=O)(=O)O)c2C)C(F)(F)F)c(C)c1. The van der Waals surface area contributed by atoms with Crippen LogP contribution < -0.4 is 4.72 Å². The molecule has 0 saturated heterocycles. The molecule has 0 heterocycles. The van der Waals surface area contributed by atoms with Crippen molar-refractivity contribution in [1.29, 1.82) is 0 Å². The van der Waals surface area contributed by atoms with Crippen LogP contribution in [0.1, 0.15) is 44.9 Å². The molecule has 1 unspecified atom stereocenters. The van der Waals surface area contributed by atoms with E-state index in [1.807, 2.05) is 4.72 Å². The Morgan fingerprint density at radius 1 is 0.844 bits per heavy atom. The fourth-order valence-electron chi connectivity index (χ4n) is 4.35. The molecule has 0 bridgehead atoms. The zero-order valence-corrected chi connectivity index (χ0v) is 20.2. The molecule has 0 saturated carbocycles. The van der Waals surface area contributed by atoms with Crippen molar-refractivity contribution in [2.75, 3.05) is 6.54 Å². The van der Waals surface area contributed by atoms with Crippen molar-refractivity contribution < 1.29 is 34.6 Å². The zero-order valence-electron chi connectivity index (χ0n) is 18.5. The molecular formula is C21H26F3NO5S2. The number of sulfonamides is 1. The van der Waals surface area contributed by atoms with E-state index in [9.17, 15) is 34.6 Å². The Hall–Kier alpha value is -1.95. The zero-order chi connectivity index (χ0) is 24.8. The van der Waals surface area contributed by atoms with Crippen LogP contribution in [0.5, 0.6) is 0 Å². The number of hydrogen-bond donors (Lipinski definition) is 2. The molecule has 0 spiro atoms. The summed E-state index contributed by atoms with van der Waals surface area (Å²) in [5.41, 5.74) is 1.18. The van der Waals surface area contributed by atoms with Crippen molar-refractivity contribution in [1.82, 2.24) is 4.72 Å². The van der Waals surface area contributed by atoms with E-state index in [1.54, 1.807) is 32.9 Å². The highest BCUT2D eigenvalue weighted by Crippen LogP contribution is 2.40. The number of benzene rings is 2. The topological polar surface area (TPSA) is 101 Å². The number of halogens is 3. The van der Waals surface area contributed by atoms with E-state index in [2.05, 4.69) is 0 Å². The summed E-state index contributed by atoms with van der Waals surface area (Å²) in [4.78, 5) is -0.708. The number of nitrogens with one attached hydrogen (secondary N) is 1. The maximum absolute atomic E-state index is 14.0. The fraction of sp³-hybridized carbons (Fsp3) is 0.429. The highest BCUT2D eigenvalue weighted by Gasteiger charge is 2.44. The Morgan fingerprint density at radius 3 is 1.75 bits per heavy atom. The van der Waals surface area contributed by atoms with E-state index in [0.29, 0.717) is 11.1 Å². The number of aryl methyl sites for hydroxylation is 5. The minimum Gasteiger partial charge on any atom is -0.282 e. The molecule has 178 valence electrons. The Kier molecular flexibility index (Phi) is 7.21. The predicted molar refractivity (Wildman–Crippen MR) is 115 cm³/mol. The monoisotopic (exact) mass is 493 g/mol. The quantitative estimate of drug-likeness (QED) is 0.581. The van der Waals surface area contributed by atoms with Gasteiger partial charge in [0.05, 0.1) is 15.7 Å². The second kappa shape index (κ2) is 8.77. The summed E-state index contributed by atoms with van der Waals surface area (Å²) in [6.07, 6.45) is -4.89. The fourth-order valence-corrected chi connectivity index (χ4v) is 6.81. The Bertz CT molecular complexity index is 1240. The lowest BCUT2D eigenvalue weighted by Gasteiger charge is -2.26. The first-order valence-electron chi connectivity index (χ1n) is 9.60. The molecule has 0 aliphatic carbocycles. The third kappa shape index (κ3) is 5.33. The van der Waals surface area contributed by atoms with Gasteiger partial charge in [-0.2, -0.15) is 21.6 Å². The Morgan fingerprint density at radius 2 is 1.31 bits per heavy atom. The standard InChI is InChI=1S/C21H26F3NO5S2/c1-11-7-13(3)19(14(4)8-11)31(26,27)25-10-17(21(22,23)24)18-12(2)9-15(5)20(16(18)6)32(28,29)30/h7-9,17,25H,10H2,1-6H3,(H,28,29,30). The predicted octanol–water partition coefficient (Wildman–Crippen LogP) is 4.41. The van der Waals surface area contributed by atoms with Gasteiger partial charge in [0.25, 0.3) is 10.1 Å². The van der Waals surface area contributed by atoms with Gasteiger partial charge in [-0.1, -0.05) is 23.8 Å². The van der Waals surface area contributed by atoms with Gasteiger partial charge in [-0.3, -0.25) is 4.55 Å². The lowest BCUT2D eigenvalue weighted by atomic mass is 9.89. The summed E-state index contributed by atoms with van der Waals surface area (Å²) in [7, 11) is -9.08. The summed E-state index contributed by atoms with van der Waals surface area (Å²) >= 11 is 0. The van der Waals surface area contributed by atoms with Crippen LogP contribution in [0.25, 0.3) is 0 Å². The first-order valence-corrected chi connectivity index (χ1v) is 12.5. The Balaban J connectivity index is 2.60. The highest BCUT2D eigenvalue weighted by molar-refractivity contribution is 7.89. The first-order chi connectivity index (χ1) is 14.4. The van der Waals surface area contributed by atoms with E-state index < -0.39 is 49.2 Å². The molecule has 0 aliphatic heterocycles. The van der Waals surface area contributed by atoms with E-state index in [-0.39, 0.29) is 21.6 Å². The van der Waals surface area contributed by atoms with E-state index in [0.717, 1.165) is 5.56 Å². The molecule has 11 heteroatoms.